The maximum Gasteiger partial charge on any atom is 0.307 e. The van der Waals surface area contributed by atoms with Gasteiger partial charge in [-0.1, -0.05) is 36.6 Å². The molecule has 0 heterocycles. The highest BCUT2D eigenvalue weighted by Crippen LogP contribution is 2.32. The molecule has 0 aromatic heterocycles. The van der Waals surface area contributed by atoms with Crippen LogP contribution in [0.2, 0.25) is 5.02 Å². The molecule has 0 spiro atoms. The summed E-state index contributed by atoms with van der Waals surface area (Å²) in [6.45, 7) is 0. The van der Waals surface area contributed by atoms with Gasteiger partial charge in [-0.3, -0.25) is 9.59 Å². The molecule has 1 aliphatic rings. The van der Waals surface area contributed by atoms with Gasteiger partial charge in [0.05, 0.1) is 22.5 Å². The zero-order chi connectivity index (χ0) is 13.8. The Labute approximate surface area is 116 Å². The topological polar surface area (TPSA) is 66.4 Å². The number of aliphatic carboxylic acids is 1. The van der Waals surface area contributed by atoms with Gasteiger partial charge in [0.15, 0.2) is 0 Å². The Kier molecular flexibility index (Phi) is 4.43. The first-order valence-corrected chi connectivity index (χ1v) is 6.75. The number of carbonyl (C=O) groups is 2. The van der Waals surface area contributed by atoms with Crippen LogP contribution in [0.5, 0.6) is 0 Å². The number of carboxylic acid groups (broad SMARTS) is 1. The number of halogens is 1. The first kappa shape index (κ1) is 13.9. The number of carbonyl (C=O) groups excluding carboxylic acids is 1. The van der Waals surface area contributed by atoms with Gasteiger partial charge >= 0.3 is 5.97 Å². The number of hydrogen-bond donors (Lipinski definition) is 2. The minimum Gasteiger partial charge on any atom is -0.481 e. The summed E-state index contributed by atoms with van der Waals surface area (Å²) in [6.07, 6.45) is 2.94. The molecule has 5 heteroatoms. The minimum absolute atomic E-state index is 0.250. The highest BCUT2D eigenvalue weighted by atomic mass is 35.5. The summed E-state index contributed by atoms with van der Waals surface area (Å²) in [7, 11) is 0. The van der Waals surface area contributed by atoms with E-state index in [0.29, 0.717) is 23.6 Å². The average Bonchev–Trinajstić information content (AvgIpc) is 2.41. The lowest BCUT2D eigenvalue weighted by atomic mass is 9.78. The molecule has 0 saturated heterocycles. The van der Waals surface area contributed by atoms with Gasteiger partial charge in [-0.05, 0) is 25.0 Å². The number of para-hydroxylation sites is 1. The summed E-state index contributed by atoms with van der Waals surface area (Å²) >= 11 is 5.98. The van der Waals surface area contributed by atoms with Crippen LogP contribution in [-0.4, -0.2) is 17.0 Å². The van der Waals surface area contributed by atoms with E-state index in [1.54, 1.807) is 24.3 Å². The van der Waals surface area contributed by atoms with Crippen molar-refractivity contribution in [1.82, 2.24) is 0 Å². The molecular formula is C14H16ClNO3. The molecule has 1 amide bonds. The van der Waals surface area contributed by atoms with Crippen molar-refractivity contribution in [2.24, 2.45) is 11.8 Å². The van der Waals surface area contributed by atoms with E-state index in [2.05, 4.69) is 5.32 Å². The summed E-state index contributed by atoms with van der Waals surface area (Å²) in [5.74, 6) is -2.20. The van der Waals surface area contributed by atoms with Gasteiger partial charge in [0.1, 0.15) is 0 Å². The minimum atomic E-state index is -0.890. The van der Waals surface area contributed by atoms with Gasteiger partial charge in [0.25, 0.3) is 0 Å². The fourth-order valence-corrected chi connectivity index (χ4v) is 2.71. The van der Waals surface area contributed by atoms with Gasteiger partial charge in [-0.25, -0.2) is 0 Å². The maximum atomic E-state index is 12.2. The van der Waals surface area contributed by atoms with Crippen LogP contribution in [0.1, 0.15) is 25.7 Å². The van der Waals surface area contributed by atoms with Crippen LogP contribution in [0, 0.1) is 11.8 Å². The summed E-state index contributed by atoms with van der Waals surface area (Å²) in [5.41, 5.74) is 0.531. The van der Waals surface area contributed by atoms with Crippen LogP contribution in [-0.2, 0) is 9.59 Å². The Morgan fingerprint density at radius 2 is 1.79 bits per heavy atom. The van der Waals surface area contributed by atoms with Crippen LogP contribution >= 0.6 is 11.6 Å². The molecule has 1 saturated carbocycles. The number of benzene rings is 1. The smallest absolute Gasteiger partial charge is 0.307 e. The van der Waals surface area contributed by atoms with Gasteiger partial charge < -0.3 is 10.4 Å². The molecule has 1 aromatic carbocycles. The van der Waals surface area contributed by atoms with E-state index in [0.717, 1.165) is 12.8 Å². The molecule has 4 nitrogen and oxygen atoms in total. The fourth-order valence-electron chi connectivity index (χ4n) is 2.53. The maximum absolute atomic E-state index is 12.2. The predicted molar refractivity (Wildman–Crippen MR) is 73.2 cm³/mol. The molecule has 2 N–H and O–H groups in total. The molecule has 0 radical (unpaired) electrons. The van der Waals surface area contributed by atoms with Crippen LogP contribution in [0.25, 0.3) is 0 Å². The number of nitrogens with one attached hydrogen (secondary N) is 1. The van der Waals surface area contributed by atoms with E-state index >= 15 is 0 Å². The third-order valence-corrected chi connectivity index (χ3v) is 3.88. The SMILES string of the molecule is O=C(O)[C@@H]1CCCC[C@H]1C(=O)Nc1ccccc1Cl. The average molecular weight is 282 g/mol. The molecule has 2 atom stereocenters. The highest BCUT2D eigenvalue weighted by Gasteiger charge is 2.35. The van der Waals surface area contributed by atoms with Crippen molar-refractivity contribution in [2.75, 3.05) is 5.32 Å². The second kappa shape index (κ2) is 6.06. The van der Waals surface area contributed by atoms with Crippen LogP contribution < -0.4 is 5.32 Å². The molecule has 0 unspecified atom stereocenters. The highest BCUT2D eigenvalue weighted by molar-refractivity contribution is 6.33. The molecule has 1 aromatic rings. The van der Waals surface area contributed by atoms with Crippen molar-refractivity contribution < 1.29 is 14.7 Å². The van der Waals surface area contributed by atoms with Crippen molar-refractivity contribution in [3.63, 3.8) is 0 Å². The second-order valence-corrected chi connectivity index (χ2v) is 5.21. The predicted octanol–water partition coefficient (Wildman–Crippen LogP) is 3.17. The fraction of sp³-hybridized carbons (Fsp3) is 0.429. The molecule has 1 fully saturated rings. The van der Waals surface area contributed by atoms with Crippen LogP contribution in [0.4, 0.5) is 5.69 Å². The number of rotatable bonds is 3. The van der Waals surface area contributed by atoms with E-state index in [-0.39, 0.29) is 5.91 Å². The molecule has 102 valence electrons. The molecule has 1 aliphatic carbocycles. The summed E-state index contributed by atoms with van der Waals surface area (Å²) in [5, 5.41) is 12.4. The number of anilines is 1. The molecule has 0 aliphatic heterocycles. The second-order valence-electron chi connectivity index (χ2n) is 4.80. The van der Waals surface area contributed by atoms with Crippen molar-refractivity contribution in [3.8, 4) is 0 Å². The number of hydrogen-bond acceptors (Lipinski definition) is 2. The Morgan fingerprint density at radius 1 is 1.16 bits per heavy atom. The zero-order valence-corrected chi connectivity index (χ0v) is 11.2. The molecule has 0 bridgehead atoms. The lowest BCUT2D eigenvalue weighted by molar-refractivity contribution is -0.147. The number of amides is 1. The normalized spacial score (nSPS) is 22.8. The number of carboxylic acids is 1. The first-order chi connectivity index (χ1) is 9.09. The van der Waals surface area contributed by atoms with Crippen LogP contribution in [0.3, 0.4) is 0 Å². The van der Waals surface area contributed by atoms with Crippen LogP contribution in [0.15, 0.2) is 24.3 Å². The van der Waals surface area contributed by atoms with E-state index in [9.17, 15) is 14.7 Å². The van der Waals surface area contributed by atoms with Crippen molar-refractivity contribution in [3.05, 3.63) is 29.3 Å². The third kappa shape index (κ3) is 3.26. The van der Waals surface area contributed by atoms with E-state index in [1.807, 2.05) is 0 Å². The van der Waals surface area contributed by atoms with Gasteiger partial charge in [-0.15, -0.1) is 0 Å². The lowest BCUT2D eigenvalue weighted by Crippen LogP contribution is -2.36. The van der Waals surface area contributed by atoms with Crippen molar-refractivity contribution in [2.45, 2.75) is 25.7 Å². The Bertz CT molecular complexity index is 489. The third-order valence-electron chi connectivity index (χ3n) is 3.55. The Balaban J connectivity index is 2.10. The molecular weight excluding hydrogens is 266 g/mol. The summed E-state index contributed by atoms with van der Waals surface area (Å²) in [6, 6.07) is 6.95. The monoisotopic (exact) mass is 281 g/mol. The standard InChI is InChI=1S/C14H16ClNO3/c15-11-7-3-4-8-12(11)16-13(17)9-5-1-2-6-10(9)14(18)19/h3-4,7-10H,1-2,5-6H2,(H,16,17)(H,18,19)/t9-,10-/m1/s1. The first-order valence-electron chi connectivity index (χ1n) is 6.38. The quantitative estimate of drug-likeness (QED) is 0.894. The summed E-state index contributed by atoms with van der Waals surface area (Å²) < 4.78 is 0. The van der Waals surface area contributed by atoms with E-state index < -0.39 is 17.8 Å². The lowest BCUT2D eigenvalue weighted by Gasteiger charge is -2.27. The van der Waals surface area contributed by atoms with Crippen molar-refractivity contribution >= 4 is 29.2 Å². The van der Waals surface area contributed by atoms with E-state index in [4.69, 9.17) is 11.6 Å². The Hall–Kier alpha value is -1.55. The van der Waals surface area contributed by atoms with Gasteiger partial charge in [0.2, 0.25) is 5.91 Å². The van der Waals surface area contributed by atoms with Crippen molar-refractivity contribution in [1.29, 1.82) is 0 Å². The Morgan fingerprint density at radius 3 is 2.42 bits per heavy atom. The van der Waals surface area contributed by atoms with Gasteiger partial charge in [0, 0.05) is 0 Å². The zero-order valence-electron chi connectivity index (χ0n) is 10.4. The summed E-state index contributed by atoms with van der Waals surface area (Å²) in [4.78, 5) is 23.4. The van der Waals surface area contributed by atoms with E-state index in [1.165, 1.54) is 0 Å². The molecule has 19 heavy (non-hydrogen) atoms. The molecule has 2 rings (SSSR count). The van der Waals surface area contributed by atoms with Gasteiger partial charge in [-0.2, -0.15) is 0 Å². The largest absolute Gasteiger partial charge is 0.481 e.